The molecule has 1 N–H and O–H groups in total. The summed E-state index contributed by atoms with van der Waals surface area (Å²) in [5.41, 5.74) is 3.27. The van der Waals surface area contributed by atoms with Crippen molar-refractivity contribution in [2.75, 3.05) is 13.1 Å². The Balaban J connectivity index is 1.33. The maximum absolute atomic E-state index is 12.5. The molecule has 138 valence electrons. The maximum atomic E-state index is 12.5. The summed E-state index contributed by atoms with van der Waals surface area (Å²) >= 11 is 0. The fraction of sp³-hybridized carbons (Fsp3) is 0.550. The number of likely N-dealkylation sites (tertiary alicyclic amines) is 1. The van der Waals surface area contributed by atoms with Crippen LogP contribution in [0.5, 0.6) is 0 Å². The molecule has 6 nitrogen and oxygen atoms in total. The molecule has 4 rings (SSSR count). The van der Waals surface area contributed by atoms with Gasteiger partial charge in [-0.25, -0.2) is 4.68 Å². The van der Waals surface area contributed by atoms with E-state index in [2.05, 4.69) is 15.0 Å². The van der Waals surface area contributed by atoms with Crippen LogP contribution in [0.2, 0.25) is 0 Å². The summed E-state index contributed by atoms with van der Waals surface area (Å²) < 4.78 is 2.12. The van der Waals surface area contributed by atoms with E-state index in [1.165, 1.54) is 24.2 Å². The van der Waals surface area contributed by atoms with Gasteiger partial charge in [-0.2, -0.15) is 0 Å². The summed E-state index contributed by atoms with van der Waals surface area (Å²) in [5.74, 6) is 0.0282. The standard InChI is InChI=1S/C20H26N4O2/c25-19(15-6-2-1-3-7-15)14-20(26)23-12-10-16(11-13-23)24-18-9-5-4-8-17(18)21-22-24/h1-3,6-7,16,19,25H,4-5,8-14H2. The van der Waals surface area contributed by atoms with Crippen LogP contribution in [0, 0.1) is 0 Å². The summed E-state index contributed by atoms with van der Waals surface area (Å²) in [5, 5.41) is 19.0. The number of piperidine rings is 1. The van der Waals surface area contributed by atoms with Crippen LogP contribution < -0.4 is 0 Å². The van der Waals surface area contributed by atoms with Crippen LogP contribution >= 0.6 is 0 Å². The van der Waals surface area contributed by atoms with Crippen LogP contribution in [0.3, 0.4) is 0 Å². The number of rotatable bonds is 4. The molecule has 0 radical (unpaired) electrons. The second-order valence-corrected chi connectivity index (χ2v) is 7.38. The van der Waals surface area contributed by atoms with E-state index in [0.29, 0.717) is 6.04 Å². The predicted octanol–water partition coefficient (Wildman–Crippen LogP) is 2.44. The van der Waals surface area contributed by atoms with Gasteiger partial charge in [-0.05, 0) is 44.1 Å². The van der Waals surface area contributed by atoms with Gasteiger partial charge in [0.2, 0.25) is 5.91 Å². The highest BCUT2D eigenvalue weighted by Gasteiger charge is 2.28. The van der Waals surface area contributed by atoms with Crippen molar-refractivity contribution in [2.24, 2.45) is 0 Å². The Hall–Kier alpha value is -2.21. The average Bonchev–Trinajstić information content (AvgIpc) is 3.13. The molecule has 1 atom stereocenters. The number of benzene rings is 1. The molecule has 6 heteroatoms. The molecule has 1 saturated heterocycles. The zero-order valence-corrected chi connectivity index (χ0v) is 15.0. The number of carbonyl (C=O) groups is 1. The highest BCUT2D eigenvalue weighted by atomic mass is 16.3. The largest absolute Gasteiger partial charge is 0.388 e. The number of aromatic nitrogens is 3. The molecule has 1 aromatic heterocycles. The van der Waals surface area contributed by atoms with E-state index in [-0.39, 0.29) is 12.3 Å². The molecule has 2 heterocycles. The fourth-order valence-corrected chi connectivity index (χ4v) is 4.12. The first-order valence-electron chi connectivity index (χ1n) is 9.66. The molecule has 1 amide bonds. The Morgan fingerprint density at radius 3 is 2.65 bits per heavy atom. The van der Waals surface area contributed by atoms with Crippen molar-refractivity contribution in [3.05, 3.63) is 47.3 Å². The third-order valence-electron chi connectivity index (χ3n) is 5.66. The van der Waals surface area contributed by atoms with Crippen LogP contribution in [-0.4, -0.2) is 44.0 Å². The van der Waals surface area contributed by atoms with Crippen molar-refractivity contribution in [3.8, 4) is 0 Å². The summed E-state index contributed by atoms with van der Waals surface area (Å²) in [6.07, 6.45) is 5.77. The van der Waals surface area contributed by atoms with E-state index < -0.39 is 6.10 Å². The number of carbonyl (C=O) groups excluding carboxylic acids is 1. The van der Waals surface area contributed by atoms with Crippen molar-refractivity contribution in [3.63, 3.8) is 0 Å². The van der Waals surface area contributed by atoms with E-state index in [1.807, 2.05) is 35.2 Å². The van der Waals surface area contributed by atoms with Crippen LogP contribution in [0.25, 0.3) is 0 Å². The minimum absolute atomic E-state index is 0.0282. The Labute approximate surface area is 153 Å². The Morgan fingerprint density at radius 2 is 1.88 bits per heavy atom. The topological polar surface area (TPSA) is 71.2 Å². The number of nitrogens with zero attached hydrogens (tertiary/aromatic N) is 4. The zero-order valence-electron chi connectivity index (χ0n) is 15.0. The molecule has 1 aliphatic heterocycles. The molecular weight excluding hydrogens is 328 g/mol. The van der Waals surface area contributed by atoms with Crippen LogP contribution in [0.1, 0.15) is 61.2 Å². The maximum Gasteiger partial charge on any atom is 0.225 e. The Kier molecular flexibility index (Phi) is 5.02. The minimum atomic E-state index is -0.733. The highest BCUT2D eigenvalue weighted by molar-refractivity contribution is 5.77. The number of aliphatic hydroxyl groups is 1. The van der Waals surface area contributed by atoms with Gasteiger partial charge in [-0.3, -0.25) is 4.79 Å². The van der Waals surface area contributed by atoms with Crippen molar-refractivity contribution in [1.82, 2.24) is 19.9 Å². The third kappa shape index (κ3) is 3.51. The van der Waals surface area contributed by atoms with Gasteiger partial charge >= 0.3 is 0 Å². The first kappa shape index (κ1) is 17.2. The van der Waals surface area contributed by atoms with Crippen molar-refractivity contribution < 1.29 is 9.90 Å². The van der Waals surface area contributed by atoms with Gasteiger partial charge in [0, 0.05) is 13.1 Å². The third-order valence-corrected chi connectivity index (χ3v) is 5.66. The van der Waals surface area contributed by atoms with Crippen LogP contribution in [-0.2, 0) is 17.6 Å². The van der Waals surface area contributed by atoms with Gasteiger partial charge < -0.3 is 10.0 Å². The molecule has 26 heavy (non-hydrogen) atoms. The average molecular weight is 354 g/mol. The molecule has 1 aliphatic carbocycles. The first-order valence-corrected chi connectivity index (χ1v) is 9.66. The van der Waals surface area contributed by atoms with E-state index in [9.17, 15) is 9.90 Å². The quantitative estimate of drug-likeness (QED) is 0.915. The number of hydrogen-bond acceptors (Lipinski definition) is 4. The monoisotopic (exact) mass is 354 g/mol. The normalized spacial score (nSPS) is 19.2. The molecule has 0 bridgehead atoms. The molecule has 2 aromatic rings. The summed E-state index contributed by atoms with van der Waals surface area (Å²) in [7, 11) is 0. The van der Waals surface area contributed by atoms with Crippen LogP contribution in [0.15, 0.2) is 30.3 Å². The summed E-state index contributed by atoms with van der Waals surface area (Å²) in [6, 6.07) is 9.73. The molecular formula is C20H26N4O2. The zero-order chi connectivity index (χ0) is 17.9. The lowest BCUT2D eigenvalue weighted by Crippen LogP contribution is -2.40. The van der Waals surface area contributed by atoms with Crippen LogP contribution in [0.4, 0.5) is 0 Å². The molecule has 0 spiro atoms. The van der Waals surface area contributed by atoms with E-state index in [0.717, 1.165) is 44.3 Å². The lowest BCUT2D eigenvalue weighted by atomic mass is 9.98. The van der Waals surface area contributed by atoms with Gasteiger partial charge in [-0.1, -0.05) is 35.5 Å². The molecule has 1 fully saturated rings. The Bertz CT molecular complexity index is 750. The molecule has 0 saturated carbocycles. The SMILES string of the molecule is O=C(CC(O)c1ccccc1)N1CCC(n2nnc3c2CCCC3)CC1. The molecule has 2 aliphatic rings. The van der Waals surface area contributed by atoms with Crippen molar-refractivity contribution >= 4 is 5.91 Å². The lowest BCUT2D eigenvalue weighted by Gasteiger charge is -2.33. The smallest absolute Gasteiger partial charge is 0.225 e. The Morgan fingerprint density at radius 1 is 1.15 bits per heavy atom. The van der Waals surface area contributed by atoms with E-state index >= 15 is 0 Å². The number of aliphatic hydroxyl groups excluding tert-OH is 1. The van der Waals surface area contributed by atoms with Gasteiger partial charge in [0.15, 0.2) is 0 Å². The highest BCUT2D eigenvalue weighted by Crippen LogP contribution is 2.28. The second kappa shape index (κ2) is 7.58. The predicted molar refractivity (Wildman–Crippen MR) is 97.5 cm³/mol. The number of amides is 1. The first-order chi connectivity index (χ1) is 12.7. The molecule has 1 aromatic carbocycles. The van der Waals surface area contributed by atoms with Gasteiger partial charge in [0.05, 0.1) is 30.0 Å². The summed E-state index contributed by atoms with van der Waals surface area (Å²) in [4.78, 5) is 14.4. The minimum Gasteiger partial charge on any atom is -0.388 e. The van der Waals surface area contributed by atoms with Gasteiger partial charge in [0.25, 0.3) is 0 Å². The van der Waals surface area contributed by atoms with Gasteiger partial charge in [-0.15, -0.1) is 5.10 Å². The van der Waals surface area contributed by atoms with E-state index in [4.69, 9.17) is 0 Å². The number of hydrogen-bond donors (Lipinski definition) is 1. The summed E-state index contributed by atoms with van der Waals surface area (Å²) in [6.45, 7) is 1.44. The second-order valence-electron chi connectivity index (χ2n) is 7.38. The fourth-order valence-electron chi connectivity index (χ4n) is 4.12. The van der Waals surface area contributed by atoms with Gasteiger partial charge in [0.1, 0.15) is 0 Å². The van der Waals surface area contributed by atoms with Crippen molar-refractivity contribution in [2.45, 2.75) is 57.1 Å². The molecule has 1 unspecified atom stereocenters. The number of aryl methyl sites for hydroxylation is 1. The number of fused-ring (bicyclic) bond motifs is 1. The lowest BCUT2D eigenvalue weighted by molar-refractivity contribution is -0.134. The van der Waals surface area contributed by atoms with E-state index in [1.54, 1.807) is 0 Å². The van der Waals surface area contributed by atoms with Crippen molar-refractivity contribution in [1.29, 1.82) is 0 Å².